The predicted octanol–water partition coefficient (Wildman–Crippen LogP) is 4.12. The van der Waals surface area contributed by atoms with Crippen LogP contribution in [0.15, 0.2) is 69.7 Å². The van der Waals surface area contributed by atoms with Crippen LogP contribution in [0.3, 0.4) is 0 Å². The predicted molar refractivity (Wildman–Crippen MR) is 92.7 cm³/mol. The Morgan fingerprint density at radius 1 is 0.962 bits per heavy atom. The van der Waals surface area contributed by atoms with Crippen molar-refractivity contribution in [1.82, 2.24) is 0 Å². The van der Waals surface area contributed by atoms with Gasteiger partial charge >= 0.3 is 0 Å². The lowest BCUT2D eigenvalue weighted by atomic mass is 10.1. The molecule has 0 atom stereocenters. The summed E-state index contributed by atoms with van der Waals surface area (Å²) in [5, 5.41) is 29.2. The number of rotatable bonds is 4. The summed E-state index contributed by atoms with van der Waals surface area (Å²) < 4.78 is 31.8. The van der Waals surface area contributed by atoms with Crippen molar-refractivity contribution in [3.8, 4) is 5.75 Å². The van der Waals surface area contributed by atoms with Crippen LogP contribution in [-0.2, 0) is 10.1 Å². The summed E-state index contributed by atoms with van der Waals surface area (Å²) >= 11 is 0. The van der Waals surface area contributed by atoms with E-state index in [4.69, 9.17) is 0 Å². The van der Waals surface area contributed by atoms with Gasteiger partial charge in [0.15, 0.2) is 0 Å². The van der Waals surface area contributed by atoms with Crippen LogP contribution in [0, 0.1) is 10.1 Å². The van der Waals surface area contributed by atoms with Crippen LogP contribution < -0.4 is 0 Å². The van der Waals surface area contributed by atoms with Crippen LogP contribution in [0.1, 0.15) is 0 Å². The van der Waals surface area contributed by atoms with Gasteiger partial charge in [-0.1, -0.05) is 6.07 Å². The Morgan fingerprint density at radius 3 is 2.42 bits per heavy atom. The van der Waals surface area contributed by atoms with Crippen LogP contribution in [0.4, 0.5) is 17.1 Å². The molecule has 3 aromatic rings. The van der Waals surface area contributed by atoms with Crippen LogP contribution in [0.25, 0.3) is 10.8 Å². The first-order chi connectivity index (χ1) is 12.3. The van der Waals surface area contributed by atoms with Gasteiger partial charge in [0, 0.05) is 22.9 Å². The van der Waals surface area contributed by atoms with E-state index in [-0.39, 0.29) is 33.1 Å². The highest BCUT2D eigenvalue weighted by Crippen LogP contribution is 2.35. The maximum absolute atomic E-state index is 11.3. The summed E-state index contributed by atoms with van der Waals surface area (Å²) in [5.41, 5.74) is 0.298. The number of phenolic OH excluding ortho intramolecular Hbond substituents is 1. The first kappa shape index (κ1) is 17.5. The van der Waals surface area contributed by atoms with E-state index in [1.165, 1.54) is 42.5 Å². The quantitative estimate of drug-likeness (QED) is 0.305. The number of nitro benzene ring substituents is 1. The van der Waals surface area contributed by atoms with Gasteiger partial charge in [-0.15, -0.1) is 5.11 Å². The molecule has 0 unspecified atom stereocenters. The van der Waals surface area contributed by atoms with Gasteiger partial charge in [0.2, 0.25) is 0 Å². The van der Waals surface area contributed by atoms with Crippen LogP contribution in [0.5, 0.6) is 5.75 Å². The number of azo groups is 1. The van der Waals surface area contributed by atoms with Crippen molar-refractivity contribution in [1.29, 1.82) is 0 Å². The second-order valence-electron chi connectivity index (χ2n) is 5.26. The Labute approximate surface area is 147 Å². The van der Waals surface area contributed by atoms with Gasteiger partial charge in [0.05, 0.1) is 21.2 Å². The largest absolute Gasteiger partial charge is 0.507 e. The maximum atomic E-state index is 11.3. The second-order valence-corrected chi connectivity index (χ2v) is 6.68. The van der Waals surface area contributed by atoms with Crippen molar-refractivity contribution in [3.05, 3.63) is 64.7 Å². The van der Waals surface area contributed by atoms with E-state index in [1.807, 2.05) is 0 Å². The van der Waals surface area contributed by atoms with E-state index in [1.54, 1.807) is 0 Å². The molecule has 0 aromatic heterocycles. The molecule has 9 nitrogen and oxygen atoms in total. The van der Waals surface area contributed by atoms with Crippen molar-refractivity contribution >= 4 is 38.0 Å². The summed E-state index contributed by atoms with van der Waals surface area (Å²) in [4.78, 5) is 9.88. The third-order valence-electron chi connectivity index (χ3n) is 3.55. The molecule has 0 aliphatic heterocycles. The number of fused-ring (bicyclic) bond motifs is 1. The topological polar surface area (TPSA) is 142 Å². The van der Waals surface area contributed by atoms with Crippen LogP contribution in [0.2, 0.25) is 0 Å². The molecule has 0 heterocycles. The molecule has 0 spiro atoms. The number of non-ortho nitro benzene ring substituents is 1. The minimum absolute atomic E-state index is 0.101. The highest BCUT2D eigenvalue weighted by atomic mass is 32.2. The Hall–Kier alpha value is -3.37. The number of phenols is 1. The monoisotopic (exact) mass is 373 g/mol. The second kappa shape index (κ2) is 6.50. The third kappa shape index (κ3) is 3.50. The molecule has 0 saturated heterocycles. The Morgan fingerprint density at radius 2 is 1.73 bits per heavy atom. The van der Waals surface area contributed by atoms with Crippen LogP contribution >= 0.6 is 0 Å². The van der Waals surface area contributed by atoms with Gasteiger partial charge < -0.3 is 5.11 Å². The van der Waals surface area contributed by atoms with Crippen molar-refractivity contribution in [2.75, 3.05) is 0 Å². The van der Waals surface area contributed by atoms with Crippen LogP contribution in [-0.4, -0.2) is 23.0 Å². The molecule has 3 rings (SSSR count). The van der Waals surface area contributed by atoms with E-state index in [0.717, 1.165) is 12.1 Å². The van der Waals surface area contributed by atoms with E-state index < -0.39 is 15.0 Å². The fraction of sp³-hybridized carbons (Fsp3) is 0. The molecular formula is C16H11N3O6S. The molecule has 0 saturated carbocycles. The molecule has 0 aliphatic carbocycles. The minimum Gasteiger partial charge on any atom is -0.507 e. The number of nitro groups is 1. The van der Waals surface area contributed by atoms with E-state index >= 15 is 0 Å². The molecule has 0 radical (unpaired) electrons. The molecule has 132 valence electrons. The molecule has 0 bridgehead atoms. The highest BCUT2D eigenvalue weighted by molar-refractivity contribution is 7.85. The smallest absolute Gasteiger partial charge is 0.294 e. The maximum Gasteiger partial charge on any atom is 0.294 e. The first-order valence-corrected chi connectivity index (χ1v) is 8.59. The van der Waals surface area contributed by atoms with Gasteiger partial charge in [-0.25, -0.2) is 0 Å². The molecule has 10 heteroatoms. The molecule has 0 aliphatic rings. The van der Waals surface area contributed by atoms with E-state index in [0.29, 0.717) is 5.39 Å². The molecule has 0 amide bonds. The number of aromatic hydroxyl groups is 1. The van der Waals surface area contributed by atoms with Crippen molar-refractivity contribution in [2.45, 2.75) is 4.90 Å². The van der Waals surface area contributed by atoms with E-state index in [2.05, 4.69) is 10.2 Å². The Bertz CT molecular complexity index is 1160. The lowest BCUT2D eigenvalue weighted by Gasteiger charge is -2.06. The zero-order valence-corrected chi connectivity index (χ0v) is 13.8. The number of nitrogens with zero attached hydrogens (tertiary/aromatic N) is 3. The zero-order chi connectivity index (χ0) is 18.9. The lowest BCUT2D eigenvalue weighted by Crippen LogP contribution is -1.97. The zero-order valence-electron chi connectivity index (χ0n) is 13.0. The summed E-state index contributed by atoms with van der Waals surface area (Å²) in [7, 11) is -4.44. The number of hydrogen-bond donors (Lipinski definition) is 2. The van der Waals surface area contributed by atoms with Gasteiger partial charge in [0.1, 0.15) is 5.75 Å². The number of hydrogen-bond acceptors (Lipinski definition) is 7. The Kier molecular flexibility index (Phi) is 4.36. The average molecular weight is 373 g/mol. The average Bonchev–Trinajstić information content (AvgIpc) is 2.60. The summed E-state index contributed by atoms with van der Waals surface area (Å²) in [5.74, 6) is -0.101. The summed E-state index contributed by atoms with van der Waals surface area (Å²) in [6.45, 7) is 0. The summed E-state index contributed by atoms with van der Waals surface area (Å²) in [6.07, 6.45) is 0. The molecule has 26 heavy (non-hydrogen) atoms. The minimum atomic E-state index is -4.44. The molecular weight excluding hydrogens is 362 g/mol. The van der Waals surface area contributed by atoms with Crippen molar-refractivity contribution in [2.24, 2.45) is 10.2 Å². The highest BCUT2D eigenvalue weighted by Gasteiger charge is 2.13. The standard InChI is InChI=1S/C16H11N3O6S/c20-16-7-6-15(14-9-12(26(23,24)25)4-5-13(14)16)18-17-10-2-1-3-11(8-10)19(21)22/h1-9,20H,(H,23,24,25). The van der Waals surface area contributed by atoms with Gasteiger partial charge in [-0.2, -0.15) is 13.5 Å². The number of benzene rings is 3. The molecule has 0 fully saturated rings. The lowest BCUT2D eigenvalue weighted by molar-refractivity contribution is -0.384. The van der Waals surface area contributed by atoms with Crippen molar-refractivity contribution < 1.29 is 23.0 Å². The third-order valence-corrected chi connectivity index (χ3v) is 4.40. The Balaban J connectivity index is 2.11. The summed E-state index contributed by atoms with van der Waals surface area (Å²) in [6, 6.07) is 11.9. The van der Waals surface area contributed by atoms with E-state index in [9.17, 15) is 28.2 Å². The van der Waals surface area contributed by atoms with Gasteiger partial charge in [-0.3, -0.25) is 14.7 Å². The SMILES string of the molecule is O=[N+]([O-])c1cccc(N=Nc2ccc(O)c3ccc(S(=O)(=O)O)cc23)c1. The molecule has 3 aromatic carbocycles. The fourth-order valence-electron chi connectivity index (χ4n) is 2.32. The first-order valence-electron chi connectivity index (χ1n) is 7.15. The fourth-order valence-corrected chi connectivity index (χ4v) is 2.83. The molecule has 2 N–H and O–H groups in total. The van der Waals surface area contributed by atoms with Gasteiger partial charge in [0.25, 0.3) is 15.8 Å². The normalized spacial score (nSPS) is 11.9. The van der Waals surface area contributed by atoms with Gasteiger partial charge in [-0.05, 0) is 36.4 Å². The van der Waals surface area contributed by atoms with Crippen molar-refractivity contribution in [3.63, 3.8) is 0 Å².